The fourth-order valence-corrected chi connectivity index (χ4v) is 4.23. The predicted octanol–water partition coefficient (Wildman–Crippen LogP) is -1.16. The van der Waals surface area contributed by atoms with Crippen molar-refractivity contribution in [2.45, 2.75) is 37.3 Å². The third-order valence-corrected chi connectivity index (χ3v) is 4.66. The zero-order chi connectivity index (χ0) is 11.6. The first-order valence-electron chi connectivity index (χ1n) is 4.58. The summed E-state index contributed by atoms with van der Waals surface area (Å²) in [5.41, 5.74) is 0. The quantitative estimate of drug-likeness (QED) is 0.543. The van der Waals surface area contributed by atoms with E-state index in [-0.39, 0.29) is 12.8 Å². The molecule has 1 aliphatic carbocycles. The minimum absolute atomic E-state index is 0.119. The third kappa shape index (κ3) is 1.75. The molecule has 16 heavy (non-hydrogen) atoms. The van der Waals surface area contributed by atoms with Gasteiger partial charge in [-0.1, -0.05) is 0 Å². The maximum absolute atomic E-state index is 11.0. The molecule has 3 fully saturated rings. The molecule has 0 bridgehead atoms. The summed E-state index contributed by atoms with van der Waals surface area (Å²) in [5.74, 6) is 0. The van der Waals surface area contributed by atoms with E-state index in [1.807, 2.05) is 0 Å². The smallest absolute Gasteiger partial charge is 0.242 e. The van der Waals surface area contributed by atoms with Crippen LogP contribution in [-0.2, 0) is 37.5 Å². The molecule has 0 aromatic rings. The first-order chi connectivity index (χ1) is 7.35. The average Bonchev–Trinajstić information content (AvgIpc) is 2.51. The van der Waals surface area contributed by atoms with Crippen molar-refractivity contribution in [2.75, 3.05) is 0 Å². The minimum Gasteiger partial charge on any atom is -0.242 e. The summed E-state index contributed by atoms with van der Waals surface area (Å²) in [6.45, 7) is 0. The van der Waals surface area contributed by atoms with Crippen molar-refractivity contribution in [1.29, 1.82) is 0 Å². The minimum atomic E-state index is -3.95. The molecule has 2 aliphatic heterocycles. The molecular weight excluding hydrogens is 264 g/mol. The largest absolute Gasteiger partial charge is 0.400 e. The Kier molecular flexibility index (Phi) is 2.14. The lowest BCUT2D eigenvalue weighted by atomic mass is 9.90. The van der Waals surface area contributed by atoms with Crippen LogP contribution in [0.2, 0.25) is 0 Å². The molecule has 4 unspecified atom stereocenters. The van der Waals surface area contributed by atoms with Crippen molar-refractivity contribution < 1.29 is 33.6 Å². The highest BCUT2D eigenvalue weighted by atomic mass is 32.3. The van der Waals surface area contributed by atoms with E-state index in [4.69, 9.17) is 0 Å². The molecule has 10 heteroatoms. The molecular formula is C6H8O8S2. The lowest BCUT2D eigenvalue weighted by Crippen LogP contribution is -2.41. The van der Waals surface area contributed by atoms with E-state index in [9.17, 15) is 16.8 Å². The van der Waals surface area contributed by atoms with Crippen LogP contribution in [0.5, 0.6) is 0 Å². The van der Waals surface area contributed by atoms with Gasteiger partial charge in [0.1, 0.15) is 24.4 Å². The van der Waals surface area contributed by atoms with Crippen LogP contribution in [0.4, 0.5) is 0 Å². The second-order valence-electron chi connectivity index (χ2n) is 3.83. The van der Waals surface area contributed by atoms with Gasteiger partial charge in [-0.25, -0.2) is 16.7 Å². The summed E-state index contributed by atoms with van der Waals surface area (Å²) in [5, 5.41) is 0. The monoisotopic (exact) mass is 272 g/mol. The van der Waals surface area contributed by atoms with Gasteiger partial charge in [0.25, 0.3) is 0 Å². The standard InChI is InChI=1S/C6H8O8S2/c7-15(8)11-3-1-4-6(2-5(3)13-15)14-16(9,10)12-4/h3-6H,1-2H2. The van der Waals surface area contributed by atoms with Crippen molar-refractivity contribution in [2.24, 2.45) is 0 Å². The van der Waals surface area contributed by atoms with Crippen LogP contribution in [-0.4, -0.2) is 41.3 Å². The fraction of sp³-hybridized carbons (Fsp3) is 1.00. The zero-order valence-corrected chi connectivity index (χ0v) is 9.44. The van der Waals surface area contributed by atoms with Crippen LogP contribution in [0.25, 0.3) is 0 Å². The molecule has 0 N–H and O–H groups in total. The maximum atomic E-state index is 11.0. The highest BCUT2D eigenvalue weighted by Crippen LogP contribution is 2.39. The van der Waals surface area contributed by atoms with E-state index >= 15 is 0 Å². The number of hydrogen-bond donors (Lipinski definition) is 0. The Hall–Kier alpha value is -0.260. The van der Waals surface area contributed by atoms with Crippen LogP contribution < -0.4 is 0 Å². The molecule has 3 rings (SSSR count). The Morgan fingerprint density at radius 1 is 0.625 bits per heavy atom. The average molecular weight is 272 g/mol. The molecule has 2 saturated heterocycles. The molecule has 92 valence electrons. The number of fused-ring (bicyclic) bond motifs is 2. The van der Waals surface area contributed by atoms with Crippen molar-refractivity contribution >= 4 is 20.8 Å². The molecule has 0 aromatic carbocycles. The van der Waals surface area contributed by atoms with Crippen LogP contribution in [0.3, 0.4) is 0 Å². The Morgan fingerprint density at radius 2 is 0.875 bits per heavy atom. The molecule has 3 aliphatic rings. The molecule has 0 radical (unpaired) electrons. The molecule has 0 spiro atoms. The third-order valence-electron chi connectivity index (χ3n) is 2.72. The van der Waals surface area contributed by atoms with Gasteiger partial charge >= 0.3 is 20.8 Å². The zero-order valence-electron chi connectivity index (χ0n) is 7.81. The van der Waals surface area contributed by atoms with Gasteiger partial charge < -0.3 is 0 Å². The topological polar surface area (TPSA) is 105 Å². The molecule has 2 heterocycles. The van der Waals surface area contributed by atoms with Crippen LogP contribution in [0.1, 0.15) is 12.8 Å². The predicted molar refractivity (Wildman–Crippen MR) is 46.6 cm³/mol. The lowest BCUT2D eigenvalue weighted by Gasteiger charge is -2.26. The highest BCUT2D eigenvalue weighted by molar-refractivity contribution is 7.82. The van der Waals surface area contributed by atoms with Crippen molar-refractivity contribution in [1.82, 2.24) is 0 Å². The van der Waals surface area contributed by atoms with Gasteiger partial charge in [0, 0.05) is 12.8 Å². The van der Waals surface area contributed by atoms with Gasteiger partial charge in [-0.15, -0.1) is 0 Å². The SMILES string of the molecule is O=S1(=O)OC2CC3OS(=O)(=O)OC3CC2O1. The number of hydrogen-bond acceptors (Lipinski definition) is 8. The van der Waals surface area contributed by atoms with Crippen LogP contribution in [0, 0.1) is 0 Å². The van der Waals surface area contributed by atoms with Crippen molar-refractivity contribution in [3.63, 3.8) is 0 Å². The van der Waals surface area contributed by atoms with E-state index in [1.165, 1.54) is 0 Å². The first-order valence-corrected chi connectivity index (χ1v) is 7.24. The van der Waals surface area contributed by atoms with Crippen molar-refractivity contribution in [3.8, 4) is 0 Å². The summed E-state index contributed by atoms with van der Waals surface area (Å²) < 4.78 is 62.6. The molecule has 1 saturated carbocycles. The van der Waals surface area contributed by atoms with E-state index in [2.05, 4.69) is 16.7 Å². The van der Waals surface area contributed by atoms with Gasteiger partial charge in [-0.05, 0) is 0 Å². The normalized spacial score (nSPS) is 48.5. The summed E-state index contributed by atoms with van der Waals surface area (Å²) in [7, 11) is -7.90. The Morgan fingerprint density at radius 3 is 1.12 bits per heavy atom. The number of rotatable bonds is 0. The van der Waals surface area contributed by atoms with Gasteiger partial charge in [-0.3, -0.25) is 0 Å². The van der Waals surface area contributed by atoms with E-state index in [0.29, 0.717) is 0 Å². The van der Waals surface area contributed by atoms with Crippen molar-refractivity contribution in [3.05, 3.63) is 0 Å². The van der Waals surface area contributed by atoms with Gasteiger partial charge in [0.15, 0.2) is 0 Å². The Bertz CT molecular complexity index is 427. The summed E-state index contributed by atoms with van der Waals surface area (Å²) in [6, 6.07) is 0. The van der Waals surface area contributed by atoms with Crippen LogP contribution in [0.15, 0.2) is 0 Å². The molecule has 0 aromatic heterocycles. The van der Waals surface area contributed by atoms with E-state index in [0.717, 1.165) is 0 Å². The summed E-state index contributed by atoms with van der Waals surface area (Å²) in [4.78, 5) is 0. The van der Waals surface area contributed by atoms with E-state index in [1.54, 1.807) is 0 Å². The summed E-state index contributed by atoms with van der Waals surface area (Å²) >= 11 is 0. The van der Waals surface area contributed by atoms with Gasteiger partial charge in [0.2, 0.25) is 0 Å². The van der Waals surface area contributed by atoms with Gasteiger partial charge in [0.05, 0.1) is 0 Å². The van der Waals surface area contributed by atoms with Gasteiger partial charge in [-0.2, -0.15) is 16.8 Å². The highest BCUT2D eigenvalue weighted by Gasteiger charge is 2.53. The molecule has 8 nitrogen and oxygen atoms in total. The van der Waals surface area contributed by atoms with Crippen LogP contribution >= 0.6 is 0 Å². The molecule has 4 atom stereocenters. The van der Waals surface area contributed by atoms with E-state index < -0.39 is 45.2 Å². The Labute approximate surface area is 92.1 Å². The Balaban J connectivity index is 1.83. The second kappa shape index (κ2) is 3.15. The fourth-order valence-electron chi connectivity index (χ4n) is 2.12. The molecule has 0 amide bonds. The second-order valence-corrected chi connectivity index (χ2v) is 6.23. The lowest BCUT2D eigenvalue weighted by molar-refractivity contribution is 0.00578. The summed E-state index contributed by atoms with van der Waals surface area (Å²) in [6.07, 6.45) is -2.53. The maximum Gasteiger partial charge on any atom is 0.400 e. The first kappa shape index (κ1) is 10.9.